The molecule has 3 rings (SSSR count). The number of fused-ring (bicyclic) bond motifs is 1. The lowest BCUT2D eigenvalue weighted by Crippen LogP contribution is -2.38. The first-order valence-corrected chi connectivity index (χ1v) is 7.85. The SMILES string of the molecule is COc1ccc(NC(=O)CN2CCOc3ccc(N)cc32)cc1Cl. The molecule has 1 aliphatic heterocycles. The monoisotopic (exact) mass is 347 g/mol. The third kappa shape index (κ3) is 3.49. The van der Waals surface area contributed by atoms with Crippen molar-refractivity contribution < 1.29 is 14.3 Å². The Hall–Kier alpha value is -2.60. The Balaban J connectivity index is 1.70. The molecule has 2 aromatic rings. The summed E-state index contributed by atoms with van der Waals surface area (Å²) in [6, 6.07) is 10.5. The zero-order chi connectivity index (χ0) is 17.1. The minimum Gasteiger partial charge on any atom is -0.495 e. The van der Waals surface area contributed by atoms with Crippen molar-refractivity contribution in [2.75, 3.05) is 42.8 Å². The van der Waals surface area contributed by atoms with Crippen molar-refractivity contribution in [3.63, 3.8) is 0 Å². The van der Waals surface area contributed by atoms with Crippen molar-refractivity contribution in [1.82, 2.24) is 0 Å². The summed E-state index contributed by atoms with van der Waals surface area (Å²) >= 11 is 6.07. The minimum atomic E-state index is -0.147. The predicted octanol–water partition coefficient (Wildman–Crippen LogP) is 2.77. The number of methoxy groups -OCH3 is 1. The summed E-state index contributed by atoms with van der Waals surface area (Å²) in [5.41, 5.74) is 7.91. The minimum absolute atomic E-state index is 0.147. The Morgan fingerprint density at radius 2 is 2.21 bits per heavy atom. The number of carbonyl (C=O) groups excluding carboxylic acids is 1. The molecule has 0 aromatic heterocycles. The van der Waals surface area contributed by atoms with E-state index in [-0.39, 0.29) is 12.5 Å². The van der Waals surface area contributed by atoms with Gasteiger partial charge in [-0.2, -0.15) is 0 Å². The van der Waals surface area contributed by atoms with E-state index in [1.54, 1.807) is 31.4 Å². The Bertz CT molecular complexity index is 767. The molecule has 126 valence electrons. The number of anilines is 3. The highest BCUT2D eigenvalue weighted by Gasteiger charge is 2.20. The van der Waals surface area contributed by atoms with Crippen molar-refractivity contribution in [2.45, 2.75) is 0 Å². The van der Waals surface area contributed by atoms with Gasteiger partial charge in [-0.05, 0) is 36.4 Å². The van der Waals surface area contributed by atoms with Gasteiger partial charge in [-0.15, -0.1) is 0 Å². The molecule has 0 aliphatic carbocycles. The lowest BCUT2D eigenvalue weighted by molar-refractivity contribution is -0.115. The molecular formula is C17H18ClN3O3. The Labute approximate surface area is 145 Å². The van der Waals surface area contributed by atoms with E-state index >= 15 is 0 Å². The molecule has 1 heterocycles. The molecule has 0 radical (unpaired) electrons. The number of nitrogens with two attached hydrogens (primary N) is 1. The number of hydrogen-bond acceptors (Lipinski definition) is 5. The van der Waals surface area contributed by atoms with Gasteiger partial charge in [0.1, 0.15) is 18.1 Å². The maximum atomic E-state index is 12.3. The molecule has 0 bridgehead atoms. The number of nitrogens with zero attached hydrogens (tertiary/aromatic N) is 1. The van der Waals surface area contributed by atoms with E-state index < -0.39 is 0 Å². The van der Waals surface area contributed by atoms with Crippen molar-refractivity contribution in [3.05, 3.63) is 41.4 Å². The van der Waals surface area contributed by atoms with Gasteiger partial charge in [0, 0.05) is 11.4 Å². The highest BCUT2D eigenvalue weighted by atomic mass is 35.5. The van der Waals surface area contributed by atoms with Crippen LogP contribution in [0.4, 0.5) is 17.1 Å². The van der Waals surface area contributed by atoms with Gasteiger partial charge < -0.3 is 25.4 Å². The summed E-state index contributed by atoms with van der Waals surface area (Å²) in [4.78, 5) is 14.3. The van der Waals surface area contributed by atoms with Gasteiger partial charge in [-0.25, -0.2) is 0 Å². The van der Waals surface area contributed by atoms with Crippen LogP contribution in [0.5, 0.6) is 11.5 Å². The maximum Gasteiger partial charge on any atom is 0.243 e. The fourth-order valence-corrected chi connectivity index (χ4v) is 2.83. The zero-order valence-electron chi connectivity index (χ0n) is 13.2. The first kappa shape index (κ1) is 16.3. The highest BCUT2D eigenvalue weighted by molar-refractivity contribution is 6.32. The number of benzene rings is 2. The number of hydrogen-bond donors (Lipinski definition) is 2. The quantitative estimate of drug-likeness (QED) is 0.832. The molecular weight excluding hydrogens is 330 g/mol. The number of rotatable bonds is 4. The molecule has 2 aromatic carbocycles. The average molecular weight is 348 g/mol. The summed E-state index contributed by atoms with van der Waals surface area (Å²) in [6.45, 7) is 1.34. The molecule has 7 heteroatoms. The first-order valence-electron chi connectivity index (χ1n) is 7.47. The van der Waals surface area contributed by atoms with E-state index in [0.29, 0.717) is 35.3 Å². The van der Waals surface area contributed by atoms with Crippen LogP contribution in [0, 0.1) is 0 Å². The Kier molecular flexibility index (Phi) is 4.66. The van der Waals surface area contributed by atoms with Gasteiger partial charge in [0.15, 0.2) is 0 Å². The van der Waals surface area contributed by atoms with Crippen LogP contribution >= 0.6 is 11.6 Å². The Morgan fingerprint density at radius 3 is 2.96 bits per heavy atom. The molecule has 1 amide bonds. The van der Waals surface area contributed by atoms with E-state index in [2.05, 4.69) is 5.32 Å². The van der Waals surface area contributed by atoms with Crippen LogP contribution < -0.4 is 25.4 Å². The molecule has 0 fully saturated rings. The van der Waals surface area contributed by atoms with Gasteiger partial charge in [0.05, 0.1) is 30.9 Å². The summed E-state index contributed by atoms with van der Waals surface area (Å²) in [5, 5.41) is 3.28. The summed E-state index contributed by atoms with van der Waals surface area (Å²) in [7, 11) is 1.54. The molecule has 0 unspecified atom stereocenters. The van der Waals surface area contributed by atoms with Crippen LogP contribution in [0.2, 0.25) is 5.02 Å². The number of nitrogens with one attached hydrogen (secondary N) is 1. The topological polar surface area (TPSA) is 76.8 Å². The van der Waals surface area contributed by atoms with Crippen LogP contribution in [0.1, 0.15) is 0 Å². The van der Waals surface area contributed by atoms with Crippen molar-refractivity contribution in [3.8, 4) is 11.5 Å². The first-order chi connectivity index (χ1) is 11.6. The standard InChI is InChI=1S/C17H18ClN3O3/c1-23-15-5-3-12(9-13(15)18)20-17(22)10-21-6-7-24-16-4-2-11(19)8-14(16)21/h2-5,8-9H,6-7,10,19H2,1H3,(H,20,22). The largest absolute Gasteiger partial charge is 0.495 e. The third-order valence-electron chi connectivity index (χ3n) is 3.71. The molecule has 0 saturated carbocycles. The number of carbonyl (C=O) groups is 1. The number of halogens is 1. The molecule has 6 nitrogen and oxygen atoms in total. The van der Waals surface area contributed by atoms with E-state index in [4.69, 9.17) is 26.8 Å². The van der Waals surface area contributed by atoms with Crippen molar-refractivity contribution in [2.24, 2.45) is 0 Å². The van der Waals surface area contributed by atoms with E-state index in [9.17, 15) is 4.79 Å². The molecule has 24 heavy (non-hydrogen) atoms. The van der Waals surface area contributed by atoms with Crippen LogP contribution in [0.15, 0.2) is 36.4 Å². The smallest absolute Gasteiger partial charge is 0.243 e. The zero-order valence-corrected chi connectivity index (χ0v) is 14.0. The second kappa shape index (κ2) is 6.88. The van der Waals surface area contributed by atoms with Crippen molar-refractivity contribution in [1.29, 1.82) is 0 Å². The van der Waals surface area contributed by atoms with Crippen molar-refractivity contribution >= 4 is 34.6 Å². The van der Waals surface area contributed by atoms with Gasteiger partial charge in [0.25, 0.3) is 0 Å². The van der Waals surface area contributed by atoms with E-state index in [1.807, 2.05) is 17.0 Å². The van der Waals surface area contributed by atoms with Gasteiger partial charge >= 0.3 is 0 Å². The number of nitrogen functional groups attached to an aromatic ring is 1. The molecule has 0 saturated heterocycles. The highest BCUT2D eigenvalue weighted by Crippen LogP contribution is 2.33. The van der Waals surface area contributed by atoms with Gasteiger partial charge in [-0.1, -0.05) is 11.6 Å². The van der Waals surface area contributed by atoms with Crippen LogP contribution in [-0.4, -0.2) is 32.7 Å². The number of ether oxygens (including phenoxy) is 2. The lowest BCUT2D eigenvalue weighted by Gasteiger charge is -2.30. The second-order valence-electron chi connectivity index (χ2n) is 5.39. The molecule has 3 N–H and O–H groups in total. The predicted molar refractivity (Wildman–Crippen MR) is 95.2 cm³/mol. The van der Waals surface area contributed by atoms with Gasteiger partial charge in [0.2, 0.25) is 5.91 Å². The summed E-state index contributed by atoms with van der Waals surface area (Å²) in [6.07, 6.45) is 0. The van der Waals surface area contributed by atoms with Crippen LogP contribution in [-0.2, 0) is 4.79 Å². The third-order valence-corrected chi connectivity index (χ3v) is 4.01. The van der Waals surface area contributed by atoms with Crippen LogP contribution in [0.25, 0.3) is 0 Å². The second-order valence-corrected chi connectivity index (χ2v) is 5.80. The average Bonchev–Trinajstić information content (AvgIpc) is 2.55. The normalized spacial score (nSPS) is 13.0. The van der Waals surface area contributed by atoms with E-state index in [0.717, 1.165) is 11.4 Å². The van der Waals surface area contributed by atoms with Crippen LogP contribution in [0.3, 0.4) is 0 Å². The molecule has 1 aliphatic rings. The van der Waals surface area contributed by atoms with E-state index in [1.165, 1.54) is 0 Å². The number of amides is 1. The lowest BCUT2D eigenvalue weighted by atomic mass is 10.2. The molecule has 0 spiro atoms. The summed E-state index contributed by atoms with van der Waals surface area (Å²) in [5.74, 6) is 1.15. The molecule has 0 atom stereocenters. The fourth-order valence-electron chi connectivity index (χ4n) is 2.57. The van der Waals surface area contributed by atoms with Gasteiger partial charge in [-0.3, -0.25) is 4.79 Å². The Morgan fingerprint density at radius 1 is 1.38 bits per heavy atom. The fraction of sp³-hybridized carbons (Fsp3) is 0.235. The maximum absolute atomic E-state index is 12.3. The summed E-state index contributed by atoms with van der Waals surface area (Å²) < 4.78 is 10.7.